The Morgan fingerprint density at radius 1 is 1.11 bits per heavy atom. The number of benzene rings is 1. The highest BCUT2D eigenvalue weighted by molar-refractivity contribution is 7.16. The number of anilines is 1. The summed E-state index contributed by atoms with van der Waals surface area (Å²) >= 11 is 3.14. The number of aromatic nitrogens is 1. The zero-order valence-electron chi connectivity index (χ0n) is 14.9. The number of nitrogens with zero attached hydrogens (tertiary/aromatic N) is 1. The van der Waals surface area contributed by atoms with Crippen molar-refractivity contribution in [1.82, 2.24) is 4.98 Å². The first-order valence-corrected chi connectivity index (χ1v) is 10.2. The molecule has 0 saturated heterocycles. The van der Waals surface area contributed by atoms with Crippen LogP contribution in [0.25, 0.3) is 22.7 Å². The quantitative estimate of drug-likeness (QED) is 0.715. The fourth-order valence-electron chi connectivity index (χ4n) is 2.87. The van der Waals surface area contributed by atoms with Crippen molar-refractivity contribution in [3.63, 3.8) is 0 Å². The molecule has 0 atom stereocenters. The molecule has 0 fully saturated rings. The Kier molecular flexibility index (Phi) is 4.96. The summed E-state index contributed by atoms with van der Waals surface area (Å²) in [5.74, 6) is 0.935. The van der Waals surface area contributed by atoms with Crippen LogP contribution in [0.1, 0.15) is 23.2 Å². The number of thiazole rings is 1. The lowest BCUT2D eigenvalue weighted by molar-refractivity contribution is 0.102. The molecule has 138 valence electrons. The second kappa shape index (κ2) is 7.54. The Hall–Kier alpha value is -2.64. The zero-order chi connectivity index (χ0) is 18.8. The Morgan fingerprint density at radius 3 is 2.56 bits per heavy atom. The third-order valence-corrected chi connectivity index (χ3v) is 6.18. The molecule has 0 spiro atoms. The molecule has 1 amide bonds. The molecule has 2 aromatic heterocycles. The number of methoxy groups -OCH3 is 2. The lowest BCUT2D eigenvalue weighted by Crippen LogP contribution is -2.22. The van der Waals surface area contributed by atoms with Crippen molar-refractivity contribution < 1.29 is 14.3 Å². The summed E-state index contributed by atoms with van der Waals surface area (Å²) in [4.78, 5) is 17.5. The number of rotatable bonds is 5. The Morgan fingerprint density at radius 2 is 1.85 bits per heavy atom. The molecular formula is C20H18N2O3S2. The van der Waals surface area contributed by atoms with Crippen molar-refractivity contribution in [2.75, 3.05) is 19.5 Å². The van der Waals surface area contributed by atoms with Gasteiger partial charge in [-0.1, -0.05) is 12.2 Å². The van der Waals surface area contributed by atoms with Crippen LogP contribution < -0.4 is 24.7 Å². The van der Waals surface area contributed by atoms with E-state index in [1.54, 1.807) is 43.8 Å². The maximum absolute atomic E-state index is 12.8. The molecule has 0 saturated carbocycles. The number of nitrogens with one attached hydrogen (secondary N) is 1. The van der Waals surface area contributed by atoms with Crippen molar-refractivity contribution in [2.24, 2.45) is 0 Å². The van der Waals surface area contributed by atoms with Crippen LogP contribution in [0.2, 0.25) is 0 Å². The average molecular weight is 399 g/mol. The van der Waals surface area contributed by atoms with Gasteiger partial charge in [0.25, 0.3) is 5.91 Å². The van der Waals surface area contributed by atoms with Crippen LogP contribution in [0.15, 0.2) is 29.6 Å². The fourth-order valence-corrected chi connectivity index (χ4v) is 4.79. The van der Waals surface area contributed by atoms with E-state index >= 15 is 0 Å². The van der Waals surface area contributed by atoms with Gasteiger partial charge in [0.2, 0.25) is 0 Å². The molecule has 0 unspecified atom stereocenters. The zero-order valence-corrected chi connectivity index (χ0v) is 16.6. The van der Waals surface area contributed by atoms with Gasteiger partial charge in [0, 0.05) is 17.2 Å². The largest absolute Gasteiger partial charge is 0.497 e. The highest BCUT2D eigenvalue weighted by Crippen LogP contribution is 2.34. The second-order valence-electron chi connectivity index (χ2n) is 5.97. The fraction of sp³-hybridized carbons (Fsp3) is 0.200. The van der Waals surface area contributed by atoms with Crippen molar-refractivity contribution in [3.8, 4) is 22.1 Å². The minimum Gasteiger partial charge on any atom is -0.497 e. The standard InChI is InChI=1S/C20H18N2O3S2/c1-24-13-9-12(10-14(11-13)25-2)18(23)22-19-15(7-8-26-19)20-21-16-5-3-4-6-17(16)27-20/h5-11H,3-4H2,1-2H3,(H,22,23). The third kappa shape index (κ3) is 3.61. The predicted molar refractivity (Wildman–Crippen MR) is 110 cm³/mol. The van der Waals surface area contributed by atoms with E-state index in [1.807, 2.05) is 11.4 Å². The lowest BCUT2D eigenvalue weighted by atomic mass is 10.2. The van der Waals surface area contributed by atoms with Crippen LogP contribution in [-0.2, 0) is 0 Å². The number of thiophene rings is 1. The summed E-state index contributed by atoms with van der Waals surface area (Å²) in [7, 11) is 3.12. The molecule has 4 rings (SSSR count). The minimum absolute atomic E-state index is 0.213. The summed E-state index contributed by atoms with van der Waals surface area (Å²) in [5, 5.41) is 7.72. The topological polar surface area (TPSA) is 60.5 Å². The van der Waals surface area contributed by atoms with Gasteiger partial charge in [-0.3, -0.25) is 4.79 Å². The summed E-state index contributed by atoms with van der Waals surface area (Å²) in [6.07, 6.45) is 6.48. The summed E-state index contributed by atoms with van der Waals surface area (Å²) in [5.41, 5.74) is 1.43. The van der Waals surface area contributed by atoms with Crippen molar-refractivity contribution in [1.29, 1.82) is 0 Å². The number of ether oxygens (including phenoxy) is 2. The van der Waals surface area contributed by atoms with E-state index in [2.05, 4.69) is 17.5 Å². The number of fused-ring (bicyclic) bond motifs is 1. The van der Waals surface area contributed by atoms with Gasteiger partial charge in [-0.25, -0.2) is 4.98 Å². The van der Waals surface area contributed by atoms with E-state index in [0.29, 0.717) is 17.1 Å². The molecule has 7 heteroatoms. The first-order valence-electron chi connectivity index (χ1n) is 8.47. The average Bonchev–Trinajstić information content (AvgIpc) is 3.33. The molecule has 1 aromatic carbocycles. The molecule has 3 aromatic rings. The number of carbonyl (C=O) groups is 1. The molecule has 1 aliphatic carbocycles. The van der Waals surface area contributed by atoms with Crippen LogP contribution in [0.4, 0.5) is 5.00 Å². The first-order chi connectivity index (χ1) is 13.2. The van der Waals surface area contributed by atoms with Crippen molar-refractivity contribution >= 4 is 45.7 Å². The minimum atomic E-state index is -0.213. The van der Waals surface area contributed by atoms with Gasteiger partial charge in [-0.15, -0.1) is 22.7 Å². The van der Waals surface area contributed by atoms with Crippen LogP contribution in [-0.4, -0.2) is 25.1 Å². The van der Waals surface area contributed by atoms with E-state index in [4.69, 9.17) is 14.5 Å². The molecule has 0 aliphatic heterocycles. The van der Waals surface area contributed by atoms with Crippen LogP contribution in [0.5, 0.6) is 11.5 Å². The predicted octanol–water partition coefficient (Wildman–Crippen LogP) is 3.50. The molecule has 5 nitrogen and oxygen atoms in total. The van der Waals surface area contributed by atoms with Crippen molar-refractivity contribution in [3.05, 3.63) is 45.1 Å². The van der Waals surface area contributed by atoms with Crippen molar-refractivity contribution in [2.45, 2.75) is 12.8 Å². The highest BCUT2D eigenvalue weighted by Gasteiger charge is 2.16. The smallest absolute Gasteiger partial charge is 0.256 e. The Bertz CT molecular complexity index is 1060. The van der Waals surface area contributed by atoms with Gasteiger partial charge in [0.15, 0.2) is 0 Å². The monoisotopic (exact) mass is 398 g/mol. The molecule has 0 radical (unpaired) electrons. The van der Waals surface area contributed by atoms with E-state index in [1.165, 1.54) is 15.9 Å². The van der Waals surface area contributed by atoms with Crippen LogP contribution in [0, 0.1) is 0 Å². The second-order valence-corrected chi connectivity index (χ2v) is 7.92. The molecule has 1 N–H and O–H groups in total. The number of carbonyl (C=O) groups excluding carboxylic acids is 1. The van der Waals surface area contributed by atoms with Crippen LogP contribution in [0.3, 0.4) is 0 Å². The maximum atomic E-state index is 12.8. The Labute approximate surface area is 164 Å². The normalized spacial score (nSPS) is 12.5. The van der Waals surface area contributed by atoms with Gasteiger partial charge in [0.1, 0.15) is 21.5 Å². The first kappa shape index (κ1) is 17.8. The molecule has 27 heavy (non-hydrogen) atoms. The van der Waals surface area contributed by atoms with Gasteiger partial charge in [-0.05, 0) is 36.4 Å². The summed E-state index contributed by atoms with van der Waals surface area (Å²) in [6.45, 7) is 0. The van der Waals surface area contributed by atoms with Crippen LogP contribution >= 0.6 is 22.7 Å². The molecular weight excluding hydrogens is 380 g/mol. The lowest BCUT2D eigenvalue weighted by Gasteiger charge is -2.09. The van der Waals surface area contributed by atoms with Gasteiger partial charge in [0.05, 0.1) is 24.1 Å². The van der Waals surface area contributed by atoms with E-state index in [-0.39, 0.29) is 5.91 Å². The highest BCUT2D eigenvalue weighted by atomic mass is 32.1. The maximum Gasteiger partial charge on any atom is 0.256 e. The number of hydrogen-bond acceptors (Lipinski definition) is 6. The number of hydrogen-bond donors (Lipinski definition) is 1. The van der Waals surface area contributed by atoms with E-state index in [9.17, 15) is 4.79 Å². The van der Waals surface area contributed by atoms with Gasteiger partial charge < -0.3 is 14.8 Å². The summed E-state index contributed by atoms with van der Waals surface area (Å²) in [6, 6.07) is 7.12. The molecule has 0 bridgehead atoms. The van der Waals surface area contributed by atoms with Gasteiger partial charge in [-0.2, -0.15) is 0 Å². The van der Waals surface area contributed by atoms with E-state index in [0.717, 1.165) is 33.8 Å². The van der Waals surface area contributed by atoms with E-state index < -0.39 is 0 Å². The number of amides is 1. The molecule has 2 heterocycles. The summed E-state index contributed by atoms with van der Waals surface area (Å²) < 4.78 is 11.7. The SMILES string of the molecule is COc1cc(OC)cc(C(=O)Nc2sccc2-c2nc3c(s2)=CCCC=3)c1. The molecule has 1 aliphatic rings. The van der Waals surface area contributed by atoms with Gasteiger partial charge >= 0.3 is 0 Å². The Balaban J connectivity index is 1.64. The third-order valence-electron chi connectivity index (χ3n) is 4.25.